The molecular formula is C18H20N6O. The first-order chi connectivity index (χ1) is 12.1. The van der Waals surface area contributed by atoms with E-state index < -0.39 is 0 Å². The molecule has 3 heterocycles. The highest BCUT2D eigenvalue weighted by atomic mass is 16.2. The molecule has 0 spiro atoms. The first-order valence-electron chi connectivity index (χ1n) is 8.30. The maximum absolute atomic E-state index is 12.8. The molecular weight excluding hydrogens is 316 g/mol. The van der Waals surface area contributed by atoms with Gasteiger partial charge < -0.3 is 9.80 Å². The van der Waals surface area contributed by atoms with Crippen molar-refractivity contribution >= 4 is 23.3 Å². The quantitative estimate of drug-likeness (QED) is 0.742. The molecule has 7 heteroatoms. The average molecular weight is 336 g/mol. The fourth-order valence-electron chi connectivity index (χ4n) is 3.27. The Morgan fingerprint density at radius 3 is 2.84 bits per heavy atom. The summed E-state index contributed by atoms with van der Waals surface area (Å²) in [6, 6.07) is 13.7. The number of hydrogen-bond acceptors (Lipinski definition) is 4. The monoisotopic (exact) mass is 336 g/mol. The number of nitrogens with zero attached hydrogens (tertiary/aromatic N) is 5. The molecule has 0 saturated carbocycles. The number of aromatic nitrogens is 3. The van der Waals surface area contributed by atoms with Crippen molar-refractivity contribution in [3.63, 3.8) is 0 Å². The number of pyridine rings is 1. The number of amides is 2. The summed E-state index contributed by atoms with van der Waals surface area (Å²) in [5.41, 5.74) is 3.00. The Bertz CT molecular complexity index is 888. The van der Waals surface area contributed by atoms with Gasteiger partial charge in [0, 0.05) is 38.1 Å². The molecule has 1 aromatic carbocycles. The van der Waals surface area contributed by atoms with Crippen LogP contribution in [0, 0.1) is 0 Å². The van der Waals surface area contributed by atoms with Crippen molar-refractivity contribution in [2.24, 2.45) is 0 Å². The SMILES string of the molecule is C[C@@H]1CN(C)c2ccccc2CN1C(=O)Nc1nc2ccccn2n1. The molecule has 0 radical (unpaired) electrons. The number of benzene rings is 1. The van der Waals surface area contributed by atoms with E-state index in [2.05, 4.69) is 46.4 Å². The third kappa shape index (κ3) is 2.88. The van der Waals surface area contributed by atoms with E-state index in [4.69, 9.17) is 0 Å². The maximum atomic E-state index is 12.8. The van der Waals surface area contributed by atoms with Crippen LogP contribution < -0.4 is 10.2 Å². The molecule has 1 N–H and O–H groups in total. The lowest BCUT2D eigenvalue weighted by atomic mass is 10.1. The summed E-state index contributed by atoms with van der Waals surface area (Å²) in [4.78, 5) is 21.2. The van der Waals surface area contributed by atoms with Crippen LogP contribution in [0.1, 0.15) is 12.5 Å². The molecule has 1 aliphatic rings. The van der Waals surface area contributed by atoms with Crippen LogP contribution in [0.2, 0.25) is 0 Å². The van der Waals surface area contributed by atoms with E-state index >= 15 is 0 Å². The molecule has 3 aromatic rings. The normalized spacial score (nSPS) is 17.3. The van der Waals surface area contributed by atoms with E-state index in [0.717, 1.165) is 17.8 Å². The Kier molecular flexibility index (Phi) is 3.76. The first-order valence-corrected chi connectivity index (χ1v) is 8.30. The van der Waals surface area contributed by atoms with Gasteiger partial charge in [-0.25, -0.2) is 9.31 Å². The van der Waals surface area contributed by atoms with Gasteiger partial charge in [-0.2, -0.15) is 4.98 Å². The van der Waals surface area contributed by atoms with Gasteiger partial charge >= 0.3 is 6.03 Å². The topological polar surface area (TPSA) is 65.8 Å². The third-order valence-corrected chi connectivity index (χ3v) is 4.53. The fraction of sp³-hybridized carbons (Fsp3) is 0.278. The van der Waals surface area contributed by atoms with Gasteiger partial charge in [0.2, 0.25) is 0 Å². The molecule has 0 fully saturated rings. The summed E-state index contributed by atoms with van der Waals surface area (Å²) >= 11 is 0. The number of para-hydroxylation sites is 1. The molecule has 1 atom stereocenters. The van der Waals surface area contributed by atoms with Gasteiger partial charge in [0.05, 0.1) is 0 Å². The molecule has 2 amide bonds. The number of carbonyl (C=O) groups is 1. The second-order valence-electron chi connectivity index (χ2n) is 6.36. The van der Waals surface area contributed by atoms with E-state index in [1.165, 1.54) is 0 Å². The zero-order valence-corrected chi connectivity index (χ0v) is 14.3. The van der Waals surface area contributed by atoms with Gasteiger partial charge in [0.1, 0.15) is 0 Å². The standard InChI is InChI=1S/C18H20N6O/c1-13-11-22(2)15-8-4-3-7-14(15)12-23(13)18(25)20-17-19-16-9-5-6-10-24(16)21-17/h3-10,13H,11-12H2,1-2H3,(H,20,21,25)/t13-/m1/s1. The highest BCUT2D eigenvalue weighted by molar-refractivity contribution is 5.88. The molecule has 0 unspecified atom stereocenters. The largest absolute Gasteiger partial charge is 0.372 e. The molecule has 2 aromatic heterocycles. The zero-order chi connectivity index (χ0) is 17.4. The molecule has 7 nitrogen and oxygen atoms in total. The van der Waals surface area contributed by atoms with Crippen LogP contribution in [0.4, 0.5) is 16.4 Å². The zero-order valence-electron chi connectivity index (χ0n) is 14.3. The predicted molar refractivity (Wildman–Crippen MR) is 96.7 cm³/mol. The lowest BCUT2D eigenvalue weighted by Crippen LogP contribution is -2.44. The summed E-state index contributed by atoms with van der Waals surface area (Å²) in [6.45, 7) is 3.38. The van der Waals surface area contributed by atoms with E-state index in [1.54, 1.807) is 10.7 Å². The number of carbonyl (C=O) groups excluding carboxylic acids is 1. The van der Waals surface area contributed by atoms with Crippen molar-refractivity contribution in [3.8, 4) is 0 Å². The van der Waals surface area contributed by atoms with Crippen LogP contribution in [0.3, 0.4) is 0 Å². The fourth-order valence-corrected chi connectivity index (χ4v) is 3.27. The lowest BCUT2D eigenvalue weighted by molar-refractivity contribution is 0.192. The van der Waals surface area contributed by atoms with Crippen LogP contribution in [-0.2, 0) is 6.54 Å². The second-order valence-corrected chi connectivity index (χ2v) is 6.36. The van der Waals surface area contributed by atoms with Gasteiger partial charge in [-0.3, -0.25) is 5.32 Å². The summed E-state index contributed by atoms with van der Waals surface area (Å²) < 4.78 is 1.64. The minimum Gasteiger partial charge on any atom is -0.372 e. The molecule has 25 heavy (non-hydrogen) atoms. The highest BCUT2D eigenvalue weighted by Crippen LogP contribution is 2.26. The smallest absolute Gasteiger partial charge is 0.324 e. The van der Waals surface area contributed by atoms with E-state index in [-0.39, 0.29) is 12.1 Å². The van der Waals surface area contributed by atoms with Crippen molar-refractivity contribution in [2.75, 3.05) is 23.8 Å². The molecule has 0 aliphatic carbocycles. The number of likely N-dealkylation sites (N-methyl/N-ethyl adjacent to an activating group) is 1. The number of fused-ring (bicyclic) bond motifs is 2. The molecule has 128 valence electrons. The van der Waals surface area contributed by atoms with Crippen LogP contribution in [0.5, 0.6) is 0 Å². The number of rotatable bonds is 1. The van der Waals surface area contributed by atoms with Crippen LogP contribution >= 0.6 is 0 Å². The summed E-state index contributed by atoms with van der Waals surface area (Å²) in [7, 11) is 2.06. The Labute approximate surface area is 145 Å². The molecule has 0 bridgehead atoms. The van der Waals surface area contributed by atoms with Crippen LogP contribution in [-0.4, -0.2) is 45.2 Å². The number of hydrogen-bond donors (Lipinski definition) is 1. The van der Waals surface area contributed by atoms with Gasteiger partial charge in [-0.05, 0) is 30.7 Å². The van der Waals surface area contributed by atoms with Crippen molar-refractivity contribution in [1.29, 1.82) is 0 Å². The van der Waals surface area contributed by atoms with Crippen molar-refractivity contribution in [2.45, 2.75) is 19.5 Å². The van der Waals surface area contributed by atoms with E-state index in [0.29, 0.717) is 18.1 Å². The van der Waals surface area contributed by atoms with Crippen LogP contribution in [0.25, 0.3) is 5.65 Å². The third-order valence-electron chi connectivity index (χ3n) is 4.53. The van der Waals surface area contributed by atoms with Crippen molar-refractivity contribution in [1.82, 2.24) is 19.5 Å². The van der Waals surface area contributed by atoms with Gasteiger partial charge in [-0.15, -0.1) is 5.10 Å². The summed E-state index contributed by atoms with van der Waals surface area (Å²) in [6.07, 6.45) is 1.80. The summed E-state index contributed by atoms with van der Waals surface area (Å²) in [5, 5.41) is 7.12. The highest BCUT2D eigenvalue weighted by Gasteiger charge is 2.27. The van der Waals surface area contributed by atoms with E-state index in [1.807, 2.05) is 35.2 Å². The van der Waals surface area contributed by atoms with Gasteiger partial charge in [0.15, 0.2) is 5.65 Å². The van der Waals surface area contributed by atoms with Crippen molar-refractivity contribution < 1.29 is 4.79 Å². The van der Waals surface area contributed by atoms with Gasteiger partial charge in [-0.1, -0.05) is 24.3 Å². The number of urea groups is 1. The Morgan fingerprint density at radius 2 is 2.00 bits per heavy atom. The molecule has 1 aliphatic heterocycles. The maximum Gasteiger partial charge on any atom is 0.324 e. The summed E-state index contributed by atoms with van der Waals surface area (Å²) in [5.74, 6) is 0.314. The molecule has 0 saturated heterocycles. The van der Waals surface area contributed by atoms with Gasteiger partial charge in [0.25, 0.3) is 5.95 Å². The second kappa shape index (κ2) is 6.08. The Morgan fingerprint density at radius 1 is 1.20 bits per heavy atom. The predicted octanol–water partition coefficient (Wildman–Crippen LogP) is 2.60. The van der Waals surface area contributed by atoms with E-state index in [9.17, 15) is 4.79 Å². The Hall–Kier alpha value is -3.09. The minimum atomic E-state index is -0.187. The number of anilines is 2. The Balaban J connectivity index is 1.58. The lowest BCUT2D eigenvalue weighted by Gasteiger charge is -2.28. The number of nitrogens with one attached hydrogen (secondary N) is 1. The first kappa shape index (κ1) is 15.4. The minimum absolute atomic E-state index is 0.0643. The molecule has 4 rings (SSSR count). The average Bonchev–Trinajstić information content (AvgIpc) is 2.96. The van der Waals surface area contributed by atoms with Crippen LogP contribution in [0.15, 0.2) is 48.7 Å². The van der Waals surface area contributed by atoms with Crippen molar-refractivity contribution in [3.05, 3.63) is 54.2 Å².